The molecule has 0 bridgehead atoms. The number of nitrogens with one attached hydrogen (secondary N) is 1. The van der Waals surface area contributed by atoms with Crippen LogP contribution in [0.2, 0.25) is 0 Å². The summed E-state index contributed by atoms with van der Waals surface area (Å²) in [5.41, 5.74) is 0.00699. The number of aromatic amines is 1. The van der Waals surface area contributed by atoms with Crippen molar-refractivity contribution < 1.29 is 14.6 Å². The van der Waals surface area contributed by atoms with Crippen molar-refractivity contribution in [1.29, 1.82) is 0 Å². The van der Waals surface area contributed by atoms with Gasteiger partial charge >= 0.3 is 0 Å². The molecule has 0 spiro atoms. The highest BCUT2D eigenvalue weighted by Gasteiger charge is 2.14. The lowest BCUT2D eigenvalue weighted by Crippen LogP contribution is -2.21. The molecule has 17 heavy (non-hydrogen) atoms. The van der Waals surface area contributed by atoms with Crippen molar-refractivity contribution in [3.63, 3.8) is 0 Å². The minimum Gasteiger partial charge on any atom is -0.504 e. The molecular formula is C12H17NO4. The highest BCUT2D eigenvalue weighted by atomic mass is 16.5. The van der Waals surface area contributed by atoms with E-state index in [1.807, 2.05) is 6.92 Å². The quantitative estimate of drug-likeness (QED) is 0.813. The molecule has 1 aromatic rings. The number of hydrogen-bond acceptors (Lipinski definition) is 4. The lowest BCUT2D eigenvalue weighted by Gasteiger charge is -2.10. The van der Waals surface area contributed by atoms with Crippen molar-refractivity contribution in [2.24, 2.45) is 5.92 Å². The zero-order valence-corrected chi connectivity index (χ0v) is 10.2. The number of ether oxygens (including phenoxy) is 1. The highest BCUT2D eigenvalue weighted by molar-refractivity contribution is 5.82. The number of carbonyl (C=O) groups is 1. The van der Waals surface area contributed by atoms with Crippen molar-refractivity contribution >= 4 is 5.78 Å². The van der Waals surface area contributed by atoms with Crippen LogP contribution in [0, 0.1) is 12.8 Å². The Morgan fingerprint density at radius 3 is 2.76 bits per heavy atom. The number of carbonyl (C=O) groups excluding carboxylic acids is 1. The summed E-state index contributed by atoms with van der Waals surface area (Å²) in [6, 6.07) is 1.38. The molecule has 1 rings (SSSR count). The van der Waals surface area contributed by atoms with Gasteiger partial charge in [-0.2, -0.15) is 0 Å². The molecule has 0 aliphatic heterocycles. The molecule has 0 unspecified atom stereocenters. The third kappa shape index (κ3) is 3.34. The molecule has 0 radical (unpaired) electrons. The number of ketones is 1. The number of pyridine rings is 1. The Hall–Kier alpha value is -1.78. The predicted molar refractivity (Wildman–Crippen MR) is 63.4 cm³/mol. The van der Waals surface area contributed by atoms with Gasteiger partial charge in [0.15, 0.2) is 11.5 Å². The molecule has 1 atom stereocenters. The van der Waals surface area contributed by atoms with Gasteiger partial charge in [-0.25, -0.2) is 0 Å². The monoisotopic (exact) mass is 239 g/mol. The second kappa shape index (κ2) is 5.52. The van der Waals surface area contributed by atoms with Crippen LogP contribution in [0.5, 0.6) is 11.5 Å². The lowest BCUT2D eigenvalue weighted by atomic mass is 10.1. The van der Waals surface area contributed by atoms with Gasteiger partial charge in [0.1, 0.15) is 6.61 Å². The van der Waals surface area contributed by atoms with Crippen LogP contribution in [0.1, 0.15) is 26.0 Å². The van der Waals surface area contributed by atoms with Crippen LogP contribution < -0.4 is 10.3 Å². The summed E-state index contributed by atoms with van der Waals surface area (Å²) >= 11 is 0. The van der Waals surface area contributed by atoms with Crippen LogP contribution in [-0.4, -0.2) is 22.5 Å². The van der Waals surface area contributed by atoms with E-state index in [9.17, 15) is 14.7 Å². The second-order valence-electron chi connectivity index (χ2n) is 4.06. The van der Waals surface area contributed by atoms with E-state index >= 15 is 0 Å². The summed E-state index contributed by atoms with van der Waals surface area (Å²) in [5, 5.41) is 9.52. The summed E-state index contributed by atoms with van der Waals surface area (Å²) in [6.07, 6.45) is 0.721. The van der Waals surface area contributed by atoms with Crippen LogP contribution >= 0.6 is 0 Å². The van der Waals surface area contributed by atoms with Gasteiger partial charge in [0.2, 0.25) is 5.75 Å². The number of hydrogen-bond donors (Lipinski definition) is 2. The van der Waals surface area contributed by atoms with Gasteiger partial charge in [0, 0.05) is 17.7 Å². The fourth-order valence-corrected chi connectivity index (χ4v) is 1.31. The predicted octanol–water partition coefficient (Wildman–Crippen LogP) is 1.38. The Balaban J connectivity index is 2.77. The SMILES string of the molecule is CC[C@@H](C)C(=O)COc1c(O)cc(C)[nH]c1=O. The van der Waals surface area contributed by atoms with Gasteiger partial charge in [-0.3, -0.25) is 9.59 Å². The van der Waals surface area contributed by atoms with E-state index in [4.69, 9.17) is 4.74 Å². The maximum atomic E-state index is 11.5. The number of rotatable bonds is 5. The van der Waals surface area contributed by atoms with Crippen molar-refractivity contribution in [3.05, 3.63) is 22.1 Å². The summed E-state index contributed by atoms with van der Waals surface area (Å²) in [4.78, 5) is 25.5. The second-order valence-corrected chi connectivity index (χ2v) is 4.06. The summed E-state index contributed by atoms with van der Waals surface area (Å²) < 4.78 is 5.06. The van der Waals surface area contributed by atoms with E-state index in [2.05, 4.69) is 4.98 Å². The van der Waals surface area contributed by atoms with E-state index in [-0.39, 0.29) is 29.8 Å². The first-order valence-electron chi connectivity index (χ1n) is 5.54. The number of aromatic hydroxyl groups is 1. The average molecular weight is 239 g/mol. The van der Waals surface area contributed by atoms with E-state index in [1.165, 1.54) is 6.07 Å². The first-order chi connectivity index (χ1) is 7.95. The molecule has 0 saturated heterocycles. The minimum absolute atomic E-state index is 0.0909. The molecule has 1 aromatic heterocycles. The fourth-order valence-electron chi connectivity index (χ4n) is 1.31. The van der Waals surface area contributed by atoms with Crippen molar-refractivity contribution in [1.82, 2.24) is 4.98 Å². The van der Waals surface area contributed by atoms with Crippen molar-refractivity contribution in [2.75, 3.05) is 6.61 Å². The summed E-state index contributed by atoms with van der Waals surface area (Å²) in [7, 11) is 0. The van der Waals surface area contributed by atoms with Gasteiger partial charge in [-0.05, 0) is 13.3 Å². The van der Waals surface area contributed by atoms with E-state index < -0.39 is 5.56 Å². The first-order valence-corrected chi connectivity index (χ1v) is 5.54. The molecule has 0 saturated carbocycles. The van der Waals surface area contributed by atoms with E-state index in [0.717, 1.165) is 6.42 Å². The molecule has 0 amide bonds. The molecule has 5 heteroatoms. The molecule has 0 fully saturated rings. The molecule has 2 N–H and O–H groups in total. The van der Waals surface area contributed by atoms with Crippen LogP contribution in [0.25, 0.3) is 0 Å². The molecule has 5 nitrogen and oxygen atoms in total. The Morgan fingerprint density at radius 2 is 2.24 bits per heavy atom. The molecule has 0 aliphatic carbocycles. The third-order valence-corrected chi connectivity index (χ3v) is 2.62. The average Bonchev–Trinajstić information content (AvgIpc) is 2.26. The van der Waals surface area contributed by atoms with Crippen molar-refractivity contribution in [3.8, 4) is 11.5 Å². The van der Waals surface area contributed by atoms with Gasteiger partial charge in [0.05, 0.1) is 0 Å². The lowest BCUT2D eigenvalue weighted by molar-refractivity contribution is -0.124. The van der Waals surface area contributed by atoms with Gasteiger partial charge in [-0.1, -0.05) is 13.8 Å². The first kappa shape index (κ1) is 13.3. The topological polar surface area (TPSA) is 79.4 Å². The Morgan fingerprint density at radius 1 is 1.59 bits per heavy atom. The maximum Gasteiger partial charge on any atom is 0.294 e. The summed E-state index contributed by atoms with van der Waals surface area (Å²) in [6.45, 7) is 5.15. The Kier molecular flexibility index (Phi) is 4.31. The number of aromatic nitrogens is 1. The van der Waals surface area contributed by atoms with Crippen LogP contribution in [0.15, 0.2) is 10.9 Å². The van der Waals surface area contributed by atoms with Crippen LogP contribution in [0.4, 0.5) is 0 Å². The normalized spacial score (nSPS) is 12.2. The van der Waals surface area contributed by atoms with Gasteiger partial charge < -0.3 is 14.8 Å². The van der Waals surface area contributed by atoms with E-state index in [0.29, 0.717) is 5.69 Å². The van der Waals surface area contributed by atoms with Crippen LogP contribution in [0.3, 0.4) is 0 Å². The summed E-state index contributed by atoms with van der Waals surface area (Å²) in [5.74, 6) is -0.649. The largest absolute Gasteiger partial charge is 0.504 e. The zero-order chi connectivity index (χ0) is 13.0. The smallest absolute Gasteiger partial charge is 0.294 e. The zero-order valence-electron chi connectivity index (χ0n) is 10.2. The standard InChI is InChI=1S/C12H17NO4/c1-4-7(2)10(15)6-17-11-9(14)5-8(3)13-12(11)16/h5,7H,4,6H2,1-3H3,(H2,13,14,16)/t7-/m1/s1. The minimum atomic E-state index is -0.528. The fraction of sp³-hybridized carbons (Fsp3) is 0.500. The molecule has 0 aromatic carbocycles. The third-order valence-electron chi connectivity index (χ3n) is 2.62. The number of aryl methyl sites for hydroxylation is 1. The molecular weight excluding hydrogens is 222 g/mol. The van der Waals surface area contributed by atoms with Crippen molar-refractivity contribution in [2.45, 2.75) is 27.2 Å². The number of Topliss-reactive ketones (excluding diaryl/α,β-unsaturated/α-hetero) is 1. The van der Waals surface area contributed by atoms with Gasteiger partial charge in [0.25, 0.3) is 5.56 Å². The highest BCUT2D eigenvalue weighted by Crippen LogP contribution is 2.20. The Labute approximate surface area is 99.4 Å². The van der Waals surface area contributed by atoms with E-state index in [1.54, 1.807) is 13.8 Å². The molecule has 1 heterocycles. The molecule has 94 valence electrons. The van der Waals surface area contributed by atoms with Crippen LogP contribution in [-0.2, 0) is 4.79 Å². The number of H-pyrrole nitrogens is 1. The Bertz CT molecular complexity index is 464. The molecule has 0 aliphatic rings. The maximum absolute atomic E-state index is 11.5. The van der Waals surface area contributed by atoms with Gasteiger partial charge in [-0.15, -0.1) is 0 Å².